The van der Waals surface area contributed by atoms with E-state index in [9.17, 15) is 47.9 Å². The molecule has 6 amide bonds. The molecule has 0 bridgehead atoms. The van der Waals surface area contributed by atoms with Crippen LogP contribution < -0.4 is 49.1 Å². The Kier molecular flexibility index (Phi) is 56.5. The maximum absolute atomic E-state index is 13.3. The number of ether oxygens (including phenoxy) is 8. The first-order valence-corrected chi connectivity index (χ1v) is 36.1. The third-order valence-electron chi connectivity index (χ3n) is 15.2. The van der Waals surface area contributed by atoms with Gasteiger partial charge in [-0.1, -0.05) is 107 Å². The average Bonchev–Trinajstić information content (AvgIpc) is 0.863. The highest BCUT2D eigenvalue weighted by Gasteiger charge is 2.36. The van der Waals surface area contributed by atoms with Crippen LogP contribution in [0.1, 0.15) is 192 Å². The fourth-order valence-corrected chi connectivity index (χ4v) is 9.34. The lowest BCUT2D eigenvalue weighted by Gasteiger charge is -2.34. The summed E-state index contributed by atoms with van der Waals surface area (Å²) < 4.78 is 46.1. The molecule has 2 rings (SSSR count). The SMILES string of the molecule is CCCCCC(=O)CCOCC(COCCC(=O)NCCCC)(COCCC(=O)NCCCC)NC(=O)CCCC(=O)OCc1ccccc1.NCCCCC(=O)CCOCC(COCCC(=O)NCCCN)(COCCC(=O)NCCCN)NC(=O)CCCC(=O)OCc1ccccc1. The first-order valence-electron chi connectivity index (χ1n) is 36.1. The van der Waals surface area contributed by atoms with Crippen LogP contribution in [0.3, 0.4) is 0 Å². The molecule has 27 nitrogen and oxygen atoms in total. The van der Waals surface area contributed by atoms with Gasteiger partial charge in [-0.05, 0) is 88.5 Å². The monoisotopic (exact) mass is 1410 g/mol. The zero-order chi connectivity index (χ0) is 73.4. The Morgan fingerprint density at radius 1 is 0.320 bits per heavy atom. The van der Waals surface area contributed by atoms with Gasteiger partial charge in [0.25, 0.3) is 0 Å². The number of carbonyl (C=O) groups is 10. The highest BCUT2D eigenvalue weighted by atomic mass is 16.5. The van der Waals surface area contributed by atoms with Crippen molar-refractivity contribution in [1.29, 1.82) is 0 Å². The molecule has 0 atom stereocenters. The molecule has 2 aromatic carbocycles. The van der Waals surface area contributed by atoms with Gasteiger partial charge in [0.15, 0.2) is 0 Å². The van der Waals surface area contributed by atoms with Gasteiger partial charge in [0.1, 0.15) is 35.9 Å². The van der Waals surface area contributed by atoms with Crippen molar-refractivity contribution in [3.8, 4) is 0 Å². The van der Waals surface area contributed by atoms with Crippen LogP contribution in [-0.2, 0) is 99.1 Å². The average molecular weight is 1410 g/mol. The van der Waals surface area contributed by atoms with Crippen LogP contribution >= 0.6 is 0 Å². The van der Waals surface area contributed by atoms with E-state index in [1.54, 1.807) is 0 Å². The summed E-state index contributed by atoms with van der Waals surface area (Å²) in [5.41, 5.74) is 15.8. The summed E-state index contributed by atoms with van der Waals surface area (Å²) in [6.45, 7) is 10.3. The number of nitrogens with one attached hydrogen (secondary N) is 6. The number of Topliss-reactive ketones (excluding diaryl/α,β-unsaturated/α-hetero) is 2. The highest BCUT2D eigenvalue weighted by molar-refractivity contribution is 5.80. The number of benzene rings is 2. The van der Waals surface area contributed by atoms with E-state index >= 15 is 0 Å². The Labute approximate surface area is 594 Å². The minimum absolute atomic E-state index is 0.00884. The first kappa shape index (κ1) is 91.2. The fraction of sp³-hybridized carbons (Fsp3) is 0.699. The summed E-state index contributed by atoms with van der Waals surface area (Å²) in [5, 5.41) is 17.2. The van der Waals surface area contributed by atoms with Crippen LogP contribution in [-0.4, -0.2) is 195 Å². The first-order chi connectivity index (χ1) is 48.5. The van der Waals surface area contributed by atoms with Gasteiger partial charge >= 0.3 is 11.9 Å². The van der Waals surface area contributed by atoms with Crippen molar-refractivity contribution in [3.63, 3.8) is 0 Å². The Balaban J connectivity index is 0.000001000. The van der Waals surface area contributed by atoms with Crippen LogP contribution in [0.5, 0.6) is 0 Å². The smallest absolute Gasteiger partial charge is 0.306 e. The summed E-state index contributed by atoms with van der Waals surface area (Å²) in [4.78, 5) is 125. The van der Waals surface area contributed by atoms with E-state index < -0.39 is 23.0 Å². The van der Waals surface area contributed by atoms with E-state index in [1.807, 2.05) is 74.5 Å². The summed E-state index contributed by atoms with van der Waals surface area (Å²) in [6, 6.07) is 18.7. The summed E-state index contributed by atoms with van der Waals surface area (Å²) in [5.74, 6) is -2.05. The minimum Gasteiger partial charge on any atom is -0.461 e. The van der Waals surface area contributed by atoms with Gasteiger partial charge in [0.05, 0.1) is 79.3 Å². The predicted octanol–water partition coefficient (Wildman–Crippen LogP) is 5.56. The number of amides is 6. The molecule has 0 aliphatic heterocycles. The molecule has 568 valence electrons. The molecular formula is C73H123N9O18. The Hall–Kier alpha value is -6.82. The second-order valence-corrected chi connectivity index (χ2v) is 24.6. The number of nitrogens with two attached hydrogens (primary N) is 3. The van der Waals surface area contributed by atoms with Crippen LogP contribution in [0.2, 0.25) is 0 Å². The molecule has 0 spiro atoms. The van der Waals surface area contributed by atoms with E-state index in [0.29, 0.717) is 77.9 Å². The largest absolute Gasteiger partial charge is 0.461 e. The Morgan fingerprint density at radius 3 is 0.930 bits per heavy atom. The third kappa shape index (κ3) is 52.2. The second-order valence-electron chi connectivity index (χ2n) is 24.6. The van der Waals surface area contributed by atoms with Crippen molar-refractivity contribution >= 4 is 58.9 Å². The van der Waals surface area contributed by atoms with Gasteiger partial charge in [-0.15, -0.1) is 0 Å². The van der Waals surface area contributed by atoms with E-state index in [1.165, 1.54) is 0 Å². The maximum Gasteiger partial charge on any atom is 0.306 e. The summed E-state index contributed by atoms with van der Waals surface area (Å²) >= 11 is 0. The van der Waals surface area contributed by atoms with Gasteiger partial charge in [0, 0.05) is 103 Å². The van der Waals surface area contributed by atoms with E-state index in [-0.39, 0.29) is 217 Å². The molecule has 0 unspecified atom stereocenters. The Morgan fingerprint density at radius 2 is 0.620 bits per heavy atom. The van der Waals surface area contributed by atoms with Crippen LogP contribution in [0.25, 0.3) is 0 Å². The molecule has 0 heterocycles. The topological polar surface area (TPSA) is 395 Å². The highest BCUT2D eigenvalue weighted by Crippen LogP contribution is 2.16. The molecule has 0 aliphatic carbocycles. The molecule has 0 aliphatic rings. The molecule has 0 saturated carbocycles. The molecular weight excluding hydrogens is 1290 g/mol. The van der Waals surface area contributed by atoms with Crippen molar-refractivity contribution in [2.45, 2.75) is 206 Å². The molecule has 12 N–H and O–H groups in total. The lowest BCUT2D eigenvalue weighted by molar-refractivity contribution is -0.146. The van der Waals surface area contributed by atoms with Crippen molar-refractivity contribution in [1.82, 2.24) is 31.9 Å². The van der Waals surface area contributed by atoms with Crippen molar-refractivity contribution < 1.29 is 85.8 Å². The van der Waals surface area contributed by atoms with Gasteiger partial charge in [-0.2, -0.15) is 0 Å². The predicted molar refractivity (Wildman–Crippen MR) is 381 cm³/mol. The summed E-state index contributed by atoms with van der Waals surface area (Å²) in [6.07, 6.45) is 11.8. The van der Waals surface area contributed by atoms with Crippen molar-refractivity contribution in [3.05, 3.63) is 71.8 Å². The number of carbonyl (C=O) groups excluding carboxylic acids is 10. The molecule has 27 heteroatoms. The number of ketones is 2. The molecule has 0 aromatic heterocycles. The molecule has 100 heavy (non-hydrogen) atoms. The number of unbranched alkanes of at least 4 members (excludes halogenated alkanes) is 5. The van der Waals surface area contributed by atoms with Gasteiger partial charge in [-0.25, -0.2) is 0 Å². The van der Waals surface area contributed by atoms with Gasteiger partial charge in [-0.3, -0.25) is 47.9 Å². The molecule has 2 aromatic rings. The number of esters is 2. The standard InChI is InChI=1S/C38H63N3O9.C35H60N6O9/c1-4-7-11-17-33(42)20-25-47-29-38(30-48-26-21-34(43)39-23-8-5-2,31-49-27-22-35(44)40-24-9-6-3)41-36(45)18-14-19-37(46)50-28-32-15-12-10-13-16-32;36-17-5-4-11-30(42)14-22-47-26-35(27-48-23-15-31(43)39-20-7-18-37,28-49-24-16-32(44)40-21-8-19-38)41-33(45)12-6-13-34(46)50-25-29-9-2-1-3-10-29/h10,12-13,15-16H,4-9,11,14,17-31H2,1-3H3,(H,39,43)(H,40,44)(H,41,45);1-3,9-10H,4-8,11-28,36-38H2,(H,39,43)(H,40,44)(H,41,45). The number of rotatable bonds is 64. The van der Waals surface area contributed by atoms with Crippen molar-refractivity contribution in [2.24, 2.45) is 17.2 Å². The minimum atomic E-state index is -1.22. The lowest BCUT2D eigenvalue weighted by atomic mass is 10.0. The summed E-state index contributed by atoms with van der Waals surface area (Å²) in [7, 11) is 0. The molecule has 0 fully saturated rings. The molecule has 0 radical (unpaired) electrons. The van der Waals surface area contributed by atoms with Gasteiger partial charge < -0.3 is 87.0 Å². The van der Waals surface area contributed by atoms with Crippen LogP contribution in [0, 0.1) is 0 Å². The van der Waals surface area contributed by atoms with E-state index in [2.05, 4.69) is 38.8 Å². The molecule has 0 saturated heterocycles. The number of hydrogen-bond acceptors (Lipinski definition) is 21. The number of hydrogen-bond donors (Lipinski definition) is 9. The third-order valence-corrected chi connectivity index (χ3v) is 15.2. The van der Waals surface area contributed by atoms with Crippen LogP contribution in [0.15, 0.2) is 60.7 Å². The van der Waals surface area contributed by atoms with Gasteiger partial charge in [0.2, 0.25) is 35.4 Å². The zero-order valence-corrected chi connectivity index (χ0v) is 60.4. The van der Waals surface area contributed by atoms with Crippen molar-refractivity contribution in [2.75, 3.05) is 125 Å². The quantitative estimate of drug-likeness (QED) is 0.0289. The normalized spacial score (nSPS) is 11.2. The Bertz CT molecular complexity index is 2200. The lowest BCUT2D eigenvalue weighted by Crippen LogP contribution is -2.58. The zero-order valence-electron chi connectivity index (χ0n) is 60.4. The van der Waals surface area contributed by atoms with Crippen LogP contribution in [0.4, 0.5) is 0 Å². The fourth-order valence-electron chi connectivity index (χ4n) is 9.34. The van der Waals surface area contributed by atoms with E-state index in [4.69, 9.17) is 55.1 Å². The second kappa shape index (κ2) is 62.0. The van der Waals surface area contributed by atoms with E-state index in [0.717, 1.165) is 62.5 Å². The maximum atomic E-state index is 13.3.